The van der Waals surface area contributed by atoms with Crippen molar-refractivity contribution in [2.24, 2.45) is 0 Å². The Morgan fingerprint density at radius 3 is 2.12 bits per heavy atom. The van der Waals surface area contributed by atoms with Crippen LogP contribution in [0.15, 0.2) is 30.3 Å². The van der Waals surface area contributed by atoms with Crippen molar-refractivity contribution in [1.82, 2.24) is 5.32 Å². The lowest BCUT2D eigenvalue weighted by Crippen LogP contribution is -2.53. The van der Waals surface area contributed by atoms with Crippen LogP contribution in [0, 0.1) is 0 Å². The van der Waals surface area contributed by atoms with Crippen molar-refractivity contribution in [1.29, 1.82) is 0 Å². The first-order chi connectivity index (χ1) is 11.1. The van der Waals surface area contributed by atoms with E-state index in [9.17, 15) is 24.6 Å². The quantitative estimate of drug-likeness (QED) is 0.690. The summed E-state index contributed by atoms with van der Waals surface area (Å²) >= 11 is 0. The van der Waals surface area contributed by atoms with E-state index < -0.39 is 35.8 Å². The molecular weight excluding hydrogens is 318 g/mol. The molecule has 132 valence electrons. The van der Waals surface area contributed by atoms with E-state index in [1.807, 2.05) is 5.32 Å². The molecule has 8 nitrogen and oxygen atoms in total. The number of rotatable bonds is 7. The van der Waals surface area contributed by atoms with Crippen molar-refractivity contribution in [3.63, 3.8) is 0 Å². The molecule has 1 aromatic carbocycles. The molecule has 3 N–H and O–H groups in total. The SMILES string of the molecule is CC(C)(C)OC(=O)N[C@H](C(=O)O)C(OCc1ccccc1)C(=O)O. The third-order valence-corrected chi connectivity index (χ3v) is 2.76. The van der Waals surface area contributed by atoms with Crippen LogP contribution < -0.4 is 5.32 Å². The fourth-order valence-corrected chi connectivity index (χ4v) is 1.77. The number of benzene rings is 1. The van der Waals surface area contributed by atoms with Gasteiger partial charge in [-0.3, -0.25) is 0 Å². The molecule has 0 heterocycles. The summed E-state index contributed by atoms with van der Waals surface area (Å²) in [6, 6.07) is 6.87. The number of carbonyl (C=O) groups is 3. The van der Waals surface area contributed by atoms with Gasteiger partial charge in [0, 0.05) is 0 Å². The van der Waals surface area contributed by atoms with Gasteiger partial charge in [-0.05, 0) is 26.3 Å². The van der Waals surface area contributed by atoms with Gasteiger partial charge in [-0.15, -0.1) is 0 Å². The minimum Gasteiger partial charge on any atom is -0.480 e. The second-order valence-electron chi connectivity index (χ2n) is 6.02. The average Bonchev–Trinajstić information content (AvgIpc) is 2.45. The molecule has 0 radical (unpaired) electrons. The normalized spacial score (nSPS) is 13.6. The van der Waals surface area contributed by atoms with Crippen molar-refractivity contribution in [3.8, 4) is 0 Å². The van der Waals surface area contributed by atoms with Crippen LogP contribution in [0.2, 0.25) is 0 Å². The predicted octanol–water partition coefficient (Wildman–Crippen LogP) is 1.63. The summed E-state index contributed by atoms with van der Waals surface area (Å²) in [7, 11) is 0. The van der Waals surface area contributed by atoms with Gasteiger partial charge in [0.1, 0.15) is 5.60 Å². The summed E-state index contributed by atoms with van der Waals surface area (Å²) in [5, 5.41) is 20.5. The largest absolute Gasteiger partial charge is 0.480 e. The number of hydrogen-bond acceptors (Lipinski definition) is 5. The predicted molar refractivity (Wildman–Crippen MR) is 83.4 cm³/mol. The molecule has 0 saturated heterocycles. The standard InChI is InChI=1S/C16H21NO7/c1-16(2,3)24-15(22)17-11(13(18)19)12(14(20)21)23-9-10-7-5-4-6-8-10/h4-8,11-12H,9H2,1-3H3,(H,17,22)(H,18,19)(H,20,21)/t11-,12?/m0/s1. The Balaban J connectivity index is 2.81. The third kappa shape index (κ3) is 6.66. The van der Waals surface area contributed by atoms with Crippen LogP contribution in [-0.4, -0.2) is 46.0 Å². The Kier molecular flexibility index (Phi) is 6.72. The van der Waals surface area contributed by atoms with Gasteiger partial charge < -0.3 is 25.0 Å². The number of amides is 1. The van der Waals surface area contributed by atoms with Crippen molar-refractivity contribution >= 4 is 18.0 Å². The van der Waals surface area contributed by atoms with Crippen molar-refractivity contribution in [2.45, 2.75) is 45.1 Å². The first kappa shape index (κ1) is 19.4. The van der Waals surface area contributed by atoms with E-state index in [1.54, 1.807) is 51.1 Å². The summed E-state index contributed by atoms with van der Waals surface area (Å²) in [6.07, 6.45) is -2.81. The van der Waals surface area contributed by atoms with Crippen molar-refractivity contribution < 1.29 is 34.1 Å². The van der Waals surface area contributed by atoms with Gasteiger partial charge in [0.15, 0.2) is 12.1 Å². The molecule has 0 aliphatic heterocycles. The lowest BCUT2D eigenvalue weighted by Gasteiger charge is -2.25. The van der Waals surface area contributed by atoms with Gasteiger partial charge in [0.05, 0.1) is 6.61 Å². The number of alkyl carbamates (subject to hydrolysis) is 1. The molecule has 0 fully saturated rings. The summed E-state index contributed by atoms with van der Waals surface area (Å²) in [5.74, 6) is -3.05. The van der Waals surface area contributed by atoms with E-state index >= 15 is 0 Å². The Bertz CT molecular complexity index is 580. The summed E-state index contributed by atoms with van der Waals surface area (Å²) in [5.41, 5.74) is -0.179. The van der Waals surface area contributed by atoms with E-state index in [4.69, 9.17) is 9.47 Å². The molecule has 1 rings (SSSR count). The Hall–Kier alpha value is -2.61. The minimum absolute atomic E-state index is 0.114. The van der Waals surface area contributed by atoms with Gasteiger partial charge >= 0.3 is 18.0 Å². The van der Waals surface area contributed by atoms with Gasteiger partial charge in [0.2, 0.25) is 0 Å². The summed E-state index contributed by atoms with van der Waals surface area (Å²) in [4.78, 5) is 34.4. The molecular formula is C16H21NO7. The molecule has 0 aliphatic rings. The zero-order valence-electron chi connectivity index (χ0n) is 13.7. The van der Waals surface area contributed by atoms with Crippen molar-refractivity contribution in [2.75, 3.05) is 0 Å². The van der Waals surface area contributed by atoms with Crippen LogP contribution in [0.25, 0.3) is 0 Å². The molecule has 0 bridgehead atoms. The van der Waals surface area contributed by atoms with E-state index in [0.29, 0.717) is 5.56 Å². The second kappa shape index (κ2) is 8.30. The molecule has 0 aromatic heterocycles. The summed E-state index contributed by atoms with van der Waals surface area (Å²) < 4.78 is 10.1. The Morgan fingerprint density at radius 2 is 1.67 bits per heavy atom. The first-order valence-electron chi connectivity index (χ1n) is 7.21. The molecule has 2 atom stereocenters. The maximum absolute atomic E-state index is 11.7. The van der Waals surface area contributed by atoms with E-state index in [2.05, 4.69) is 0 Å². The topological polar surface area (TPSA) is 122 Å². The highest BCUT2D eigenvalue weighted by atomic mass is 16.6. The lowest BCUT2D eigenvalue weighted by atomic mass is 10.1. The molecule has 1 unspecified atom stereocenters. The zero-order valence-corrected chi connectivity index (χ0v) is 13.7. The molecule has 1 amide bonds. The van der Waals surface area contributed by atoms with E-state index in [-0.39, 0.29) is 6.61 Å². The number of carboxylic acids is 2. The van der Waals surface area contributed by atoms with Gasteiger partial charge in [-0.25, -0.2) is 14.4 Å². The zero-order chi connectivity index (χ0) is 18.3. The number of hydrogen-bond donors (Lipinski definition) is 3. The molecule has 1 aromatic rings. The van der Waals surface area contributed by atoms with Crippen LogP contribution in [0.3, 0.4) is 0 Å². The smallest absolute Gasteiger partial charge is 0.408 e. The maximum atomic E-state index is 11.7. The number of nitrogens with one attached hydrogen (secondary N) is 1. The van der Waals surface area contributed by atoms with Gasteiger partial charge in [-0.2, -0.15) is 0 Å². The number of carboxylic acid groups (broad SMARTS) is 2. The fraction of sp³-hybridized carbons (Fsp3) is 0.438. The van der Waals surface area contributed by atoms with E-state index in [0.717, 1.165) is 0 Å². The van der Waals surface area contributed by atoms with E-state index in [1.165, 1.54) is 0 Å². The van der Waals surface area contributed by atoms with Gasteiger partial charge in [-0.1, -0.05) is 30.3 Å². The minimum atomic E-state index is -1.79. The highest BCUT2D eigenvalue weighted by Gasteiger charge is 2.37. The average molecular weight is 339 g/mol. The first-order valence-corrected chi connectivity index (χ1v) is 7.21. The highest BCUT2D eigenvalue weighted by Crippen LogP contribution is 2.10. The highest BCUT2D eigenvalue weighted by molar-refractivity contribution is 5.87. The molecule has 8 heteroatoms. The monoisotopic (exact) mass is 339 g/mol. The molecule has 0 spiro atoms. The molecule has 0 saturated carbocycles. The second-order valence-corrected chi connectivity index (χ2v) is 6.02. The van der Waals surface area contributed by atoms with Crippen LogP contribution in [-0.2, 0) is 25.7 Å². The number of ether oxygens (including phenoxy) is 2. The third-order valence-electron chi connectivity index (χ3n) is 2.76. The van der Waals surface area contributed by atoms with Crippen LogP contribution in [0.1, 0.15) is 26.3 Å². The molecule has 24 heavy (non-hydrogen) atoms. The number of aliphatic carboxylic acids is 2. The van der Waals surface area contributed by atoms with Crippen LogP contribution in [0.4, 0.5) is 4.79 Å². The maximum Gasteiger partial charge on any atom is 0.408 e. The fourth-order valence-electron chi connectivity index (χ4n) is 1.77. The summed E-state index contributed by atoms with van der Waals surface area (Å²) in [6.45, 7) is 4.69. The van der Waals surface area contributed by atoms with Crippen LogP contribution in [0.5, 0.6) is 0 Å². The Labute approximate surface area is 139 Å². The molecule has 0 aliphatic carbocycles. The van der Waals surface area contributed by atoms with Crippen molar-refractivity contribution in [3.05, 3.63) is 35.9 Å². The lowest BCUT2D eigenvalue weighted by molar-refractivity contribution is -0.161. The Morgan fingerprint density at radius 1 is 1.08 bits per heavy atom. The van der Waals surface area contributed by atoms with Gasteiger partial charge in [0.25, 0.3) is 0 Å². The number of carbonyl (C=O) groups excluding carboxylic acids is 1. The van der Waals surface area contributed by atoms with Crippen LogP contribution >= 0.6 is 0 Å².